The Balaban J connectivity index is 1.80. The van der Waals surface area contributed by atoms with Gasteiger partial charge in [0, 0.05) is 6.61 Å². The van der Waals surface area contributed by atoms with E-state index in [9.17, 15) is 0 Å². The lowest BCUT2D eigenvalue weighted by atomic mass is 10.1. The van der Waals surface area contributed by atoms with E-state index in [0.29, 0.717) is 0 Å². The van der Waals surface area contributed by atoms with Crippen LogP contribution < -0.4 is 10.1 Å². The molecule has 3 nitrogen and oxygen atoms in total. The molecule has 2 atom stereocenters. The van der Waals surface area contributed by atoms with Crippen molar-refractivity contribution in [2.24, 2.45) is 0 Å². The normalized spacial score (nSPS) is 26.2. The molecule has 1 aromatic rings. The molecule has 0 saturated carbocycles. The summed E-state index contributed by atoms with van der Waals surface area (Å²) in [5, 5.41) is 3.37. The summed E-state index contributed by atoms with van der Waals surface area (Å²) in [6.45, 7) is 6.80. The van der Waals surface area contributed by atoms with Crippen LogP contribution in [0.25, 0.3) is 5.57 Å². The van der Waals surface area contributed by atoms with Crippen molar-refractivity contribution < 1.29 is 9.47 Å². The number of anilines is 1. The average Bonchev–Trinajstić information content (AvgIpc) is 2.96. The van der Waals surface area contributed by atoms with Crippen molar-refractivity contribution >= 4 is 11.3 Å². The Morgan fingerprint density at radius 3 is 3.06 bits per heavy atom. The van der Waals surface area contributed by atoms with Crippen LogP contribution in [0.15, 0.2) is 24.8 Å². The van der Waals surface area contributed by atoms with E-state index < -0.39 is 0 Å². The Morgan fingerprint density at radius 2 is 2.35 bits per heavy atom. The summed E-state index contributed by atoms with van der Waals surface area (Å²) >= 11 is 0. The van der Waals surface area contributed by atoms with Crippen molar-refractivity contribution in [1.82, 2.24) is 0 Å². The van der Waals surface area contributed by atoms with Gasteiger partial charge in [-0.25, -0.2) is 0 Å². The highest BCUT2D eigenvalue weighted by Gasteiger charge is 2.32. The van der Waals surface area contributed by atoms with Crippen molar-refractivity contribution in [3.63, 3.8) is 0 Å². The van der Waals surface area contributed by atoms with Crippen LogP contribution in [0.3, 0.4) is 0 Å². The minimum atomic E-state index is -0.0344. The molecule has 2 heterocycles. The Labute approximate surface area is 101 Å². The van der Waals surface area contributed by atoms with Crippen molar-refractivity contribution in [1.29, 1.82) is 0 Å². The molecule has 2 aliphatic rings. The Kier molecular flexibility index (Phi) is 2.56. The molecule has 2 unspecified atom stereocenters. The first kappa shape index (κ1) is 10.7. The van der Waals surface area contributed by atoms with Gasteiger partial charge in [0.2, 0.25) is 0 Å². The van der Waals surface area contributed by atoms with E-state index in [2.05, 4.69) is 18.0 Å². The standard InChI is InChI=1S/C14H17NO2/c1-9(2)10-5-6-11-13(8-10)17-14(15-11)12-4-3-7-16-12/h5-6,8,12,14-15H,1,3-4,7H2,2H3. The van der Waals surface area contributed by atoms with Crippen molar-refractivity contribution in [3.8, 4) is 5.75 Å². The van der Waals surface area contributed by atoms with Gasteiger partial charge in [0.25, 0.3) is 0 Å². The summed E-state index contributed by atoms with van der Waals surface area (Å²) in [5.74, 6) is 0.908. The van der Waals surface area contributed by atoms with Crippen molar-refractivity contribution in [2.75, 3.05) is 11.9 Å². The number of hydrogen-bond acceptors (Lipinski definition) is 3. The maximum absolute atomic E-state index is 5.90. The second-order valence-electron chi connectivity index (χ2n) is 4.73. The van der Waals surface area contributed by atoms with Gasteiger partial charge in [-0.15, -0.1) is 0 Å². The minimum Gasteiger partial charge on any atom is -0.466 e. The van der Waals surface area contributed by atoms with Gasteiger partial charge in [-0.3, -0.25) is 0 Å². The first-order chi connectivity index (χ1) is 8.24. The highest BCUT2D eigenvalue weighted by atomic mass is 16.6. The van der Waals surface area contributed by atoms with E-state index in [1.807, 2.05) is 19.1 Å². The first-order valence-electron chi connectivity index (χ1n) is 6.09. The highest BCUT2D eigenvalue weighted by molar-refractivity contribution is 5.70. The summed E-state index contributed by atoms with van der Waals surface area (Å²) in [4.78, 5) is 0. The average molecular weight is 231 g/mol. The van der Waals surface area contributed by atoms with Gasteiger partial charge in [0.1, 0.15) is 11.9 Å². The van der Waals surface area contributed by atoms with Crippen LogP contribution in [0.1, 0.15) is 25.3 Å². The van der Waals surface area contributed by atoms with E-state index in [0.717, 1.165) is 42.0 Å². The molecule has 90 valence electrons. The predicted molar refractivity (Wildman–Crippen MR) is 68.2 cm³/mol. The third-order valence-electron chi connectivity index (χ3n) is 3.33. The van der Waals surface area contributed by atoms with Gasteiger partial charge in [0.15, 0.2) is 6.23 Å². The molecule has 17 heavy (non-hydrogen) atoms. The van der Waals surface area contributed by atoms with Crippen LogP contribution in [0.2, 0.25) is 0 Å². The lowest BCUT2D eigenvalue weighted by Crippen LogP contribution is -2.34. The first-order valence-corrected chi connectivity index (χ1v) is 6.09. The monoisotopic (exact) mass is 231 g/mol. The molecular weight excluding hydrogens is 214 g/mol. The third-order valence-corrected chi connectivity index (χ3v) is 3.33. The number of rotatable bonds is 2. The van der Waals surface area contributed by atoms with Crippen LogP contribution in [-0.2, 0) is 4.74 Å². The molecule has 2 aliphatic heterocycles. The molecule has 0 aromatic heterocycles. The maximum Gasteiger partial charge on any atom is 0.196 e. The number of benzene rings is 1. The van der Waals surface area contributed by atoms with Crippen LogP contribution in [0, 0.1) is 0 Å². The molecule has 1 aromatic carbocycles. The lowest BCUT2D eigenvalue weighted by Gasteiger charge is -2.17. The topological polar surface area (TPSA) is 30.5 Å². The molecule has 3 heteroatoms. The van der Waals surface area contributed by atoms with E-state index >= 15 is 0 Å². The van der Waals surface area contributed by atoms with Gasteiger partial charge in [0.05, 0.1) is 5.69 Å². The van der Waals surface area contributed by atoms with Gasteiger partial charge >= 0.3 is 0 Å². The zero-order chi connectivity index (χ0) is 11.8. The molecule has 0 bridgehead atoms. The molecule has 1 saturated heterocycles. The number of fused-ring (bicyclic) bond motifs is 1. The van der Waals surface area contributed by atoms with Gasteiger partial charge < -0.3 is 14.8 Å². The van der Waals surface area contributed by atoms with Crippen molar-refractivity contribution in [2.45, 2.75) is 32.1 Å². The Morgan fingerprint density at radius 1 is 1.47 bits per heavy atom. The summed E-state index contributed by atoms with van der Waals surface area (Å²) in [7, 11) is 0. The van der Waals surface area contributed by atoms with Gasteiger partial charge in [-0.1, -0.05) is 18.2 Å². The Bertz CT molecular complexity index is 450. The molecule has 3 rings (SSSR count). The van der Waals surface area contributed by atoms with Crippen molar-refractivity contribution in [3.05, 3.63) is 30.3 Å². The van der Waals surface area contributed by atoms with Crippen LogP contribution in [-0.4, -0.2) is 18.9 Å². The van der Waals surface area contributed by atoms with Crippen LogP contribution in [0.5, 0.6) is 5.75 Å². The SMILES string of the molecule is C=C(C)c1ccc2c(c1)OC(C1CCCO1)N2. The quantitative estimate of drug-likeness (QED) is 0.848. The summed E-state index contributed by atoms with van der Waals surface area (Å²) in [6, 6.07) is 6.16. The largest absolute Gasteiger partial charge is 0.466 e. The summed E-state index contributed by atoms with van der Waals surface area (Å²) in [6.07, 6.45) is 2.34. The second-order valence-corrected chi connectivity index (χ2v) is 4.73. The van der Waals surface area contributed by atoms with Crippen LogP contribution in [0.4, 0.5) is 5.69 Å². The zero-order valence-electron chi connectivity index (χ0n) is 10.0. The third kappa shape index (κ3) is 1.91. The van der Waals surface area contributed by atoms with E-state index in [4.69, 9.17) is 9.47 Å². The van der Waals surface area contributed by atoms with E-state index in [1.54, 1.807) is 0 Å². The highest BCUT2D eigenvalue weighted by Crippen LogP contribution is 2.36. The second kappa shape index (κ2) is 4.08. The molecule has 1 fully saturated rings. The number of allylic oxidation sites excluding steroid dienone is 1. The molecule has 0 radical (unpaired) electrons. The molecule has 0 aliphatic carbocycles. The number of ether oxygens (including phenoxy) is 2. The number of nitrogens with one attached hydrogen (secondary N) is 1. The maximum atomic E-state index is 5.90. The smallest absolute Gasteiger partial charge is 0.196 e. The number of hydrogen-bond donors (Lipinski definition) is 1. The fourth-order valence-corrected chi connectivity index (χ4v) is 2.33. The molecule has 1 N–H and O–H groups in total. The molecular formula is C14H17NO2. The van der Waals surface area contributed by atoms with Crippen LogP contribution >= 0.6 is 0 Å². The molecule has 0 spiro atoms. The summed E-state index contributed by atoms with van der Waals surface area (Å²) < 4.78 is 11.5. The zero-order valence-corrected chi connectivity index (χ0v) is 10.0. The Hall–Kier alpha value is -1.48. The molecule has 0 amide bonds. The fraction of sp³-hybridized carbons (Fsp3) is 0.429. The summed E-state index contributed by atoms with van der Waals surface area (Å²) in [5.41, 5.74) is 3.23. The van der Waals surface area contributed by atoms with E-state index in [-0.39, 0.29) is 12.3 Å². The van der Waals surface area contributed by atoms with Gasteiger partial charge in [-0.05, 0) is 37.5 Å². The van der Waals surface area contributed by atoms with E-state index in [1.165, 1.54) is 0 Å². The predicted octanol–water partition coefficient (Wildman–Crippen LogP) is 3.03. The fourth-order valence-electron chi connectivity index (χ4n) is 2.33. The van der Waals surface area contributed by atoms with Gasteiger partial charge in [-0.2, -0.15) is 0 Å². The lowest BCUT2D eigenvalue weighted by molar-refractivity contribution is 0.0329. The minimum absolute atomic E-state index is 0.0344.